The molecule has 6 heteroatoms. The summed E-state index contributed by atoms with van der Waals surface area (Å²) in [6.45, 7) is 1.07. The number of nitriles is 2. The lowest BCUT2D eigenvalue weighted by molar-refractivity contribution is 0.602. The molecule has 5 nitrogen and oxygen atoms in total. The maximum absolute atomic E-state index is 8.40. The first kappa shape index (κ1) is 10.4. The minimum absolute atomic E-state index is 0.392. The Bertz CT molecular complexity index is 391. The van der Waals surface area contributed by atoms with Crippen molar-refractivity contribution in [3.63, 3.8) is 0 Å². The second-order valence-electron chi connectivity index (χ2n) is 2.65. The van der Waals surface area contributed by atoms with Crippen LogP contribution in [0.2, 0.25) is 0 Å². The molecule has 0 aromatic carbocycles. The third kappa shape index (κ3) is 2.41. The predicted molar refractivity (Wildman–Crippen MR) is 51.5 cm³/mol. The quantitative estimate of drug-likeness (QED) is 0.696. The monoisotopic (exact) mass is 207 g/mol. The van der Waals surface area contributed by atoms with E-state index in [-0.39, 0.29) is 0 Å². The lowest BCUT2D eigenvalue weighted by atomic mass is 10.5. The van der Waals surface area contributed by atoms with E-state index < -0.39 is 0 Å². The molecule has 1 aromatic heterocycles. The van der Waals surface area contributed by atoms with Crippen LogP contribution < -0.4 is 0 Å². The molecule has 14 heavy (non-hydrogen) atoms. The van der Waals surface area contributed by atoms with Crippen molar-refractivity contribution in [3.8, 4) is 12.1 Å². The van der Waals surface area contributed by atoms with E-state index in [1.165, 1.54) is 0 Å². The highest BCUT2D eigenvalue weighted by Gasteiger charge is 1.99. The molecule has 0 aliphatic carbocycles. The van der Waals surface area contributed by atoms with Crippen molar-refractivity contribution in [1.82, 2.24) is 14.3 Å². The van der Waals surface area contributed by atoms with Gasteiger partial charge in [-0.25, -0.2) is 4.68 Å². The van der Waals surface area contributed by atoms with Gasteiger partial charge >= 0.3 is 0 Å². The fourth-order valence-corrected chi connectivity index (χ4v) is 1.28. The first-order valence-electron chi connectivity index (χ1n) is 4.15. The summed E-state index contributed by atoms with van der Waals surface area (Å²) in [6.07, 6.45) is 2.40. The highest BCUT2D eigenvalue weighted by atomic mass is 32.1. The highest BCUT2D eigenvalue weighted by Crippen LogP contribution is 1.96. The third-order valence-electron chi connectivity index (χ3n) is 1.70. The molecule has 1 aromatic rings. The van der Waals surface area contributed by atoms with Gasteiger partial charge in [-0.3, -0.25) is 0 Å². The Morgan fingerprint density at radius 3 is 2.57 bits per heavy atom. The van der Waals surface area contributed by atoms with Crippen molar-refractivity contribution in [2.24, 2.45) is 0 Å². The average Bonchev–Trinajstić information content (AvgIpc) is 2.54. The smallest absolute Gasteiger partial charge is 0.197 e. The van der Waals surface area contributed by atoms with Crippen LogP contribution in [-0.2, 0) is 13.1 Å². The zero-order valence-electron chi connectivity index (χ0n) is 7.55. The molecule has 0 aliphatic rings. The van der Waals surface area contributed by atoms with E-state index in [0.717, 1.165) is 0 Å². The summed E-state index contributed by atoms with van der Waals surface area (Å²) < 4.78 is 3.89. The zero-order chi connectivity index (χ0) is 10.4. The van der Waals surface area contributed by atoms with Gasteiger partial charge in [0.25, 0.3) is 0 Å². The van der Waals surface area contributed by atoms with Crippen molar-refractivity contribution in [2.45, 2.75) is 25.9 Å². The fourth-order valence-electron chi connectivity index (χ4n) is 1.00. The van der Waals surface area contributed by atoms with Gasteiger partial charge < -0.3 is 4.57 Å². The molecular weight excluding hydrogens is 198 g/mol. The Balaban J connectivity index is 2.72. The van der Waals surface area contributed by atoms with Gasteiger partial charge in [-0.15, -0.1) is 0 Å². The Hall–Kier alpha value is -1.66. The predicted octanol–water partition coefficient (Wildman–Crippen LogP) is 1.24. The number of aryl methyl sites for hydroxylation is 2. The van der Waals surface area contributed by atoms with Gasteiger partial charge in [-0.1, -0.05) is 0 Å². The number of hydrogen-bond acceptors (Lipinski definition) is 4. The van der Waals surface area contributed by atoms with Gasteiger partial charge in [-0.2, -0.15) is 15.6 Å². The van der Waals surface area contributed by atoms with Crippen molar-refractivity contribution in [3.05, 3.63) is 11.1 Å². The van der Waals surface area contributed by atoms with E-state index in [4.69, 9.17) is 22.7 Å². The van der Waals surface area contributed by atoms with Crippen LogP contribution in [0.1, 0.15) is 12.8 Å². The van der Waals surface area contributed by atoms with Crippen molar-refractivity contribution in [2.75, 3.05) is 0 Å². The summed E-state index contributed by atoms with van der Waals surface area (Å²) in [5, 5.41) is 20.8. The molecule has 1 heterocycles. The summed E-state index contributed by atoms with van der Waals surface area (Å²) in [4.78, 5) is 0. The summed E-state index contributed by atoms with van der Waals surface area (Å²) in [5.74, 6) is 0. The summed E-state index contributed by atoms with van der Waals surface area (Å²) in [5.41, 5.74) is 0. The van der Waals surface area contributed by atoms with Gasteiger partial charge in [0.1, 0.15) is 6.33 Å². The molecule has 0 atom stereocenters. The third-order valence-corrected chi connectivity index (χ3v) is 2.14. The molecule has 0 saturated carbocycles. The Morgan fingerprint density at radius 2 is 1.93 bits per heavy atom. The topological polar surface area (TPSA) is 70.3 Å². The Labute approximate surface area is 86.8 Å². The number of nitrogens with zero attached hydrogens (tertiary/aromatic N) is 5. The van der Waals surface area contributed by atoms with Crippen molar-refractivity contribution >= 4 is 12.2 Å². The largest absolute Gasteiger partial charge is 0.306 e. The van der Waals surface area contributed by atoms with E-state index in [9.17, 15) is 0 Å². The molecule has 0 radical (unpaired) electrons. The van der Waals surface area contributed by atoms with Crippen LogP contribution in [0, 0.1) is 27.4 Å². The van der Waals surface area contributed by atoms with Crippen LogP contribution in [0.5, 0.6) is 0 Å². The number of rotatable bonds is 4. The molecule has 72 valence electrons. The maximum Gasteiger partial charge on any atom is 0.197 e. The average molecular weight is 207 g/mol. The molecule has 0 N–H and O–H groups in total. The van der Waals surface area contributed by atoms with E-state index in [1.807, 2.05) is 12.1 Å². The molecular formula is C8H9N5S. The van der Waals surface area contributed by atoms with Gasteiger partial charge in [0.15, 0.2) is 4.77 Å². The molecule has 0 unspecified atom stereocenters. The lowest BCUT2D eigenvalue weighted by Crippen LogP contribution is -2.02. The summed E-state index contributed by atoms with van der Waals surface area (Å²) in [7, 11) is 0. The maximum atomic E-state index is 8.40. The highest BCUT2D eigenvalue weighted by molar-refractivity contribution is 7.71. The molecule has 0 bridgehead atoms. The zero-order valence-corrected chi connectivity index (χ0v) is 8.37. The molecule has 0 spiro atoms. The van der Waals surface area contributed by atoms with Crippen molar-refractivity contribution in [1.29, 1.82) is 10.5 Å². The lowest BCUT2D eigenvalue weighted by Gasteiger charge is -1.96. The first-order chi connectivity index (χ1) is 6.79. The minimum Gasteiger partial charge on any atom is -0.306 e. The van der Waals surface area contributed by atoms with E-state index in [1.54, 1.807) is 15.6 Å². The SMILES string of the molecule is N#CCCn1cnn(CCC#N)c1=S. The van der Waals surface area contributed by atoms with Crippen LogP contribution in [0.4, 0.5) is 0 Å². The van der Waals surface area contributed by atoms with Crippen LogP contribution in [0.15, 0.2) is 6.33 Å². The van der Waals surface area contributed by atoms with Crippen LogP contribution in [0.3, 0.4) is 0 Å². The molecule has 0 aliphatic heterocycles. The van der Waals surface area contributed by atoms with E-state index in [0.29, 0.717) is 30.7 Å². The van der Waals surface area contributed by atoms with Crippen LogP contribution >= 0.6 is 12.2 Å². The molecule has 0 saturated heterocycles. The van der Waals surface area contributed by atoms with E-state index >= 15 is 0 Å². The Morgan fingerprint density at radius 1 is 1.29 bits per heavy atom. The molecule has 0 fully saturated rings. The van der Waals surface area contributed by atoms with E-state index in [2.05, 4.69) is 5.10 Å². The molecule has 1 rings (SSSR count). The summed E-state index contributed by atoms with van der Waals surface area (Å²) >= 11 is 5.10. The van der Waals surface area contributed by atoms with Gasteiger partial charge in [-0.05, 0) is 12.2 Å². The van der Waals surface area contributed by atoms with Crippen LogP contribution in [-0.4, -0.2) is 14.3 Å². The summed E-state index contributed by atoms with van der Waals surface area (Å²) in [6, 6.07) is 4.07. The standard InChI is InChI=1S/C8H9N5S/c9-3-1-5-12-7-11-13(8(12)14)6-2-4-10/h7H,1-2,5-6H2. The van der Waals surface area contributed by atoms with Crippen molar-refractivity contribution < 1.29 is 0 Å². The normalized spacial score (nSPS) is 9.29. The van der Waals surface area contributed by atoms with Crippen LogP contribution in [0.25, 0.3) is 0 Å². The van der Waals surface area contributed by atoms with Gasteiger partial charge in [0.05, 0.1) is 31.5 Å². The Kier molecular flexibility index (Phi) is 3.84. The molecule has 0 amide bonds. The number of aromatic nitrogens is 3. The fraction of sp³-hybridized carbons (Fsp3) is 0.500. The van der Waals surface area contributed by atoms with Gasteiger partial charge in [0.2, 0.25) is 0 Å². The second kappa shape index (κ2) is 5.15. The number of hydrogen-bond donors (Lipinski definition) is 0. The first-order valence-corrected chi connectivity index (χ1v) is 4.56. The minimum atomic E-state index is 0.392. The second-order valence-corrected chi connectivity index (χ2v) is 3.01. The van der Waals surface area contributed by atoms with Gasteiger partial charge in [0, 0.05) is 6.54 Å².